The highest BCUT2D eigenvalue weighted by molar-refractivity contribution is 7.74. The molecule has 2 aromatic carbocycles. The number of benzene rings is 2. The van der Waals surface area contributed by atoms with Gasteiger partial charge in [0.15, 0.2) is 0 Å². The molecule has 0 amide bonds. The van der Waals surface area contributed by atoms with E-state index in [2.05, 4.69) is 43.0 Å². The first-order valence-electron chi connectivity index (χ1n) is 5.02. The molecule has 2 aromatic rings. The van der Waals surface area contributed by atoms with Gasteiger partial charge in [-0.2, -0.15) is 0 Å². The Morgan fingerprint density at radius 1 is 0.875 bits per heavy atom. The Morgan fingerprint density at radius 2 is 1.44 bits per heavy atom. The number of halogens is 1. The van der Waals surface area contributed by atoms with E-state index in [1.54, 1.807) is 0 Å². The predicted octanol–water partition coefficient (Wildman–Crippen LogP) is 4.21. The van der Waals surface area contributed by atoms with Crippen molar-refractivity contribution in [3.63, 3.8) is 0 Å². The fourth-order valence-corrected chi connectivity index (χ4v) is 2.21. The lowest BCUT2D eigenvalue weighted by Crippen LogP contribution is -1.92. The van der Waals surface area contributed by atoms with Crippen molar-refractivity contribution in [1.29, 1.82) is 0 Å². The van der Waals surface area contributed by atoms with E-state index < -0.39 is 0 Å². The maximum atomic E-state index is 5.78. The SMILES string of the molecule is C=C(c1ccccc1)c1ccc(PCl)cc1. The van der Waals surface area contributed by atoms with Gasteiger partial charge in [-0.25, -0.2) is 0 Å². The average molecular weight is 247 g/mol. The first-order valence-corrected chi connectivity index (χ1v) is 7.04. The minimum atomic E-state index is 0.329. The summed E-state index contributed by atoms with van der Waals surface area (Å²) in [6.45, 7) is 4.12. The molecule has 0 radical (unpaired) electrons. The van der Waals surface area contributed by atoms with Crippen molar-refractivity contribution in [2.75, 3.05) is 0 Å². The van der Waals surface area contributed by atoms with Gasteiger partial charge < -0.3 is 0 Å². The molecule has 80 valence electrons. The normalized spacial score (nSPS) is 10.8. The van der Waals surface area contributed by atoms with Crippen LogP contribution in [0.2, 0.25) is 0 Å². The Balaban J connectivity index is 2.28. The zero-order valence-corrected chi connectivity index (χ0v) is 10.5. The molecule has 0 spiro atoms. The maximum Gasteiger partial charge on any atom is 0.00659 e. The van der Waals surface area contributed by atoms with Gasteiger partial charge in [-0.1, -0.05) is 72.4 Å². The lowest BCUT2D eigenvalue weighted by Gasteiger charge is -2.06. The van der Waals surface area contributed by atoms with Crippen molar-refractivity contribution in [2.24, 2.45) is 0 Å². The van der Waals surface area contributed by atoms with Gasteiger partial charge in [0.05, 0.1) is 0 Å². The molecular weight excluding hydrogens is 235 g/mol. The van der Waals surface area contributed by atoms with Crippen LogP contribution in [0.25, 0.3) is 5.57 Å². The van der Waals surface area contributed by atoms with E-state index in [4.69, 9.17) is 11.2 Å². The zero-order chi connectivity index (χ0) is 11.4. The van der Waals surface area contributed by atoms with Crippen molar-refractivity contribution in [3.8, 4) is 0 Å². The summed E-state index contributed by atoms with van der Waals surface area (Å²) in [5.41, 5.74) is 3.35. The van der Waals surface area contributed by atoms with Crippen LogP contribution in [0, 0.1) is 0 Å². The van der Waals surface area contributed by atoms with Crippen molar-refractivity contribution in [2.45, 2.75) is 0 Å². The van der Waals surface area contributed by atoms with E-state index in [0.717, 1.165) is 22.0 Å². The van der Waals surface area contributed by atoms with E-state index in [1.807, 2.05) is 18.2 Å². The molecule has 0 aliphatic carbocycles. The second-order valence-electron chi connectivity index (χ2n) is 3.52. The second kappa shape index (κ2) is 5.30. The molecule has 0 aliphatic rings. The van der Waals surface area contributed by atoms with Crippen LogP contribution in [-0.4, -0.2) is 0 Å². The van der Waals surface area contributed by atoms with E-state index in [0.29, 0.717) is 7.93 Å². The van der Waals surface area contributed by atoms with Crippen LogP contribution in [0.5, 0.6) is 0 Å². The summed E-state index contributed by atoms with van der Waals surface area (Å²) in [6.07, 6.45) is 0. The molecule has 0 saturated heterocycles. The lowest BCUT2D eigenvalue weighted by molar-refractivity contribution is 1.57. The Morgan fingerprint density at radius 3 is 2.00 bits per heavy atom. The van der Waals surface area contributed by atoms with Crippen LogP contribution >= 0.6 is 19.2 Å². The van der Waals surface area contributed by atoms with Gasteiger partial charge >= 0.3 is 0 Å². The van der Waals surface area contributed by atoms with Crippen LogP contribution in [-0.2, 0) is 0 Å². The highest BCUT2D eigenvalue weighted by atomic mass is 35.7. The molecule has 16 heavy (non-hydrogen) atoms. The standard InChI is InChI=1S/C14H12ClP/c1-11(12-5-3-2-4-6-12)13-7-9-14(16-15)10-8-13/h2-10,16H,1H2. The van der Waals surface area contributed by atoms with Gasteiger partial charge in [-0.3, -0.25) is 0 Å². The fraction of sp³-hybridized carbons (Fsp3) is 0. The topological polar surface area (TPSA) is 0 Å². The zero-order valence-electron chi connectivity index (χ0n) is 8.78. The fourth-order valence-electron chi connectivity index (χ4n) is 1.54. The monoisotopic (exact) mass is 246 g/mol. The van der Waals surface area contributed by atoms with Crippen molar-refractivity contribution < 1.29 is 0 Å². The van der Waals surface area contributed by atoms with Crippen LogP contribution in [0.15, 0.2) is 61.2 Å². The van der Waals surface area contributed by atoms with Crippen LogP contribution in [0.3, 0.4) is 0 Å². The minimum absolute atomic E-state index is 0.329. The van der Waals surface area contributed by atoms with Gasteiger partial charge in [-0.15, -0.1) is 0 Å². The molecule has 1 atom stereocenters. The smallest absolute Gasteiger partial charge is 0.00659 e. The third kappa shape index (κ3) is 2.52. The summed E-state index contributed by atoms with van der Waals surface area (Å²) in [4.78, 5) is 0. The highest BCUT2D eigenvalue weighted by Crippen LogP contribution is 2.22. The Hall–Kier alpha value is -1.10. The highest BCUT2D eigenvalue weighted by Gasteiger charge is 2.01. The average Bonchev–Trinajstić information content (AvgIpc) is 2.39. The van der Waals surface area contributed by atoms with Gasteiger partial charge in [0.25, 0.3) is 0 Å². The third-order valence-corrected chi connectivity index (χ3v) is 3.67. The summed E-state index contributed by atoms with van der Waals surface area (Å²) in [5.74, 6) is 0. The summed E-state index contributed by atoms with van der Waals surface area (Å²) in [6, 6.07) is 18.4. The number of hydrogen-bond acceptors (Lipinski definition) is 0. The summed E-state index contributed by atoms with van der Waals surface area (Å²) in [5, 5.41) is 1.16. The molecule has 0 heterocycles. The molecule has 0 fully saturated rings. The number of rotatable bonds is 3. The third-order valence-electron chi connectivity index (χ3n) is 2.46. The van der Waals surface area contributed by atoms with E-state index in [9.17, 15) is 0 Å². The Labute approximate surface area is 103 Å². The summed E-state index contributed by atoms with van der Waals surface area (Å²) >= 11 is 5.78. The summed E-state index contributed by atoms with van der Waals surface area (Å²) < 4.78 is 0. The maximum absolute atomic E-state index is 5.78. The van der Waals surface area contributed by atoms with Gasteiger partial charge in [0.2, 0.25) is 0 Å². The van der Waals surface area contributed by atoms with Gasteiger partial charge in [0, 0.05) is 7.93 Å². The van der Waals surface area contributed by atoms with Crippen molar-refractivity contribution in [3.05, 3.63) is 72.3 Å². The Bertz CT molecular complexity index is 474. The summed E-state index contributed by atoms with van der Waals surface area (Å²) in [7, 11) is 0.329. The largest absolute Gasteiger partial charge is 0.0948 e. The molecule has 0 bridgehead atoms. The molecule has 0 aliphatic heterocycles. The lowest BCUT2D eigenvalue weighted by atomic mass is 10.00. The van der Waals surface area contributed by atoms with E-state index in [-0.39, 0.29) is 0 Å². The second-order valence-corrected chi connectivity index (χ2v) is 4.85. The molecule has 0 nitrogen and oxygen atoms in total. The molecule has 1 unspecified atom stereocenters. The molecule has 2 heteroatoms. The molecule has 0 aromatic heterocycles. The van der Waals surface area contributed by atoms with Gasteiger partial charge in [0.1, 0.15) is 0 Å². The van der Waals surface area contributed by atoms with Crippen molar-refractivity contribution >= 4 is 30.1 Å². The van der Waals surface area contributed by atoms with Crippen LogP contribution in [0.1, 0.15) is 11.1 Å². The van der Waals surface area contributed by atoms with E-state index in [1.165, 1.54) is 0 Å². The first kappa shape index (κ1) is 11.4. The quantitative estimate of drug-likeness (QED) is 0.712. The first-order chi connectivity index (χ1) is 7.81. The molecule has 2 rings (SSSR count). The molecule has 0 N–H and O–H groups in total. The molecular formula is C14H12ClP. The van der Waals surface area contributed by atoms with E-state index >= 15 is 0 Å². The van der Waals surface area contributed by atoms with Gasteiger partial charge in [-0.05, 0) is 22.0 Å². The van der Waals surface area contributed by atoms with Crippen LogP contribution in [0.4, 0.5) is 0 Å². The minimum Gasteiger partial charge on any atom is -0.0948 e. The number of hydrogen-bond donors (Lipinski definition) is 0. The molecule has 0 saturated carbocycles. The van der Waals surface area contributed by atoms with Crippen molar-refractivity contribution in [1.82, 2.24) is 0 Å². The van der Waals surface area contributed by atoms with Crippen LogP contribution < -0.4 is 5.30 Å². The predicted molar refractivity (Wildman–Crippen MR) is 74.8 cm³/mol. The Kier molecular flexibility index (Phi) is 3.77.